The Bertz CT molecular complexity index is 339. The van der Waals surface area contributed by atoms with Gasteiger partial charge in [-0.05, 0) is 42.4 Å². The van der Waals surface area contributed by atoms with E-state index in [1.807, 2.05) is 0 Å². The van der Waals surface area contributed by atoms with Crippen LogP contribution in [0.3, 0.4) is 0 Å². The van der Waals surface area contributed by atoms with E-state index in [9.17, 15) is 4.39 Å². The van der Waals surface area contributed by atoms with Crippen molar-refractivity contribution in [2.75, 3.05) is 12.4 Å². The number of halogens is 1. The van der Waals surface area contributed by atoms with E-state index < -0.39 is 0 Å². The number of benzene rings is 1. The summed E-state index contributed by atoms with van der Waals surface area (Å²) in [4.78, 5) is 0. The van der Waals surface area contributed by atoms with Crippen molar-refractivity contribution in [3.63, 3.8) is 0 Å². The van der Waals surface area contributed by atoms with Gasteiger partial charge in [-0.15, -0.1) is 0 Å². The van der Waals surface area contributed by atoms with Gasteiger partial charge in [-0.3, -0.25) is 0 Å². The van der Waals surface area contributed by atoms with Gasteiger partial charge in [0.2, 0.25) is 0 Å². The Balaban J connectivity index is 2.57. The second-order valence-corrected chi connectivity index (χ2v) is 4.77. The Morgan fingerprint density at radius 2 is 2.06 bits per heavy atom. The van der Waals surface area contributed by atoms with Gasteiger partial charge in [-0.1, -0.05) is 13.8 Å². The number of hydrogen-bond acceptors (Lipinski definition) is 2. The summed E-state index contributed by atoms with van der Waals surface area (Å²) in [6.45, 7) is 6.67. The van der Waals surface area contributed by atoms with E-state index in [0.29, 0.717) is 24.0 Å². The number of hydrogen-bond donors (Lipinski definition) is 1. The first-order chi connectivity index (χ1) is 7.54. The van der Waals surface area contributed by atoms with Crippen LogP contribution in [0, 0.1) is 24.6 Å². The Morgan fingerprint density at radius 3 is 2.56 bits per heavy atom. The molecule has 0 saturated heterocycles. The maximum Gasteiger partial charge on any atom is 0.126 e. The lowest BCUT2D eigenvalue weighted by atomic mass is 9.99. The van der Waals surface area contributed by atoms with E-state index in [0.717, 1.165) is 11.5 Å². The standard InChI is InChI=1S/C13H19FOS/c1-9(2)11(8-16)7-15-12-4-5-13(14)10(3)6-12/h4-6,9,11,16H,7-8H2,1-3H3. The molecule has 1 rings (SSSR count). The van der Waals surface area contributed by atoms with Crippen molar-refractivity contribution in [2.24, 2.45) is 11.8 Å². The quantitative estimate of drug-likeness (QED) is 0.774. The monoisotopic (exact) mass is 242 g/mol. The van der Waals surface area contributed by atoms with Crippen molar-refractivity contribution in [3.8, 4) is 5.75 Å². The van der Waals surface area contributed by atoms with Crippen LogP contribution in [0.1, 0.15) is 19.4 Å². The Hall–Kier alpha value is -0.700. The molecule has 1 unspecified atom stereocenters. The van der Waals surface area contributed by atoms with Gasteiger partial charge < -0.3 is 4.74 Å². The first kappa shape index (κ1) is 13.4. The molecular weight excluding hydrogens is 223 g/mol. The lowest BCUT2D eigenvalue weighted by Gasteiger charge is -2.19. The summed E-state index contributed by atoms with van der Waals surface area (Å²) in [5.74, 6) is 2.30. The van der Waals surface area contributed by atoms with Crippen molar-refractivity contribution in [1.82, 2.24) is 0 Å². The van der Waals surface area contributed by atoms with E-state index >= 15 is 0 Å². The number of aryl methyl sites for hydroxylation is 1. The minimum absolute atomic E-state index is 0.193. The van der Waals surface area contributed by atoms with Crippen LogP contribution in [-0.4, -0.2) is 12.4 Å². The van der Waals surface area contributed by atoms with Crippen molar-refractivity contribution in [3.05, 3.63) is 29.6 Å². The largest absolute Gasteiger partial charge is 0.493 e. The molecule has 0 aliphatic rings. The predicted octanol–water partition coefficient (Wildman–Crippen LogP) is 3.71. The van der Waals surface area contributed by atoms with Gasteiger partial charge in [0, 0.05) is 5.92 Å². The second-order valence-electron chi connectivity index (χ2n) is 4.41. The van der Waals surface area contributed by atoms with Crippen LogP contribution in [-0.2, 0) is 0 Å². The molecule has 0 saturated carbocycles. The van der Waals surface area contributed by atoms with Crippen molar-refractivity contribution < 1.29 is 9.13 Å². The first-order valence-electron chi connectivity index (χ1n) is 5.54. The fourth-order valence-electron chi connectivity index (χ4n) is 1.37. The molecule has 0 radical (unpaired) electrons. The molecular formula is C13H19FOS. The normalized spacial score (nSPS) is 12.9. The van der Waals surface area contributed by atoms with Crippen LogP contribution in [0.5, 0.6) is 5.75 Å². The third-order valence-corrected chi connectivity index (χ3v) is 3.24. The molecule has 0 aromatic heterocycles. The summed E-state index contributed by atoms with van der Waals surface area (Å²) in [5, 5.41) is 0. The van der Waals surface area contributed by atoms with Crippen LogP contribution < -0.4 is 4.74 Å². The molecule has 0 N–H and O–H groups in total. The highest BCUT2D eigenvalue weighted by molar-refractivity contribution is 7.80. The van der Waals surface area contributed by atoms with E-state index in [2.05, 4.69) is 26.5 Å². The van der Waals surface area contributed by atoms with Gasteiger partial charge in [-0.25, -0.2) is 4.39 Å². The van der Waals surface area contributed by atoms with E-state index in [-0.39, 0.29) is 5.82 Å². The molecule has 0 amide bonds. The zero-order chi connectivity index (χ0) is 12.1. The van der Waals surface area contributed by atoms with Crippen LogP contribution >= 0.6 is 12.6 Å². The molecule has 0 heterocycles. The van der Waals surface area contributed by atoms with E-state index in [4.69, 9.17) is 4.74 Å². The predicted molar refractivity (Wildman–Crippen MR) is 68.8 cm³/mol. The minimum atomic E-state index is -0.193. The number of thiol groups is 1. The fourth-order valence-corrected chi connectivity index (χ4v) is 1.89. The summed E-state index contributed by atoms with van der Waals surface area (Å²) in [6, 6.07) is 4.83. The van der Waals surface area contributed by atoms with Crippen LogP contribution in [0.25, 0.3) is 0 Å². The molecule has 0 aliphatic heterocycles. The van der Waals surface area contributed by atoms with E-state index in [1.165, 1.54) is 6.07 Å². The summed E-state index contributed by atoms with van der Waals surface area (Å²) in [7, 11) is 0. The van der Waals surface area contributed by atoms with Gasteiger partial charge in [-0.2, -0.15) is 12.6 Å². The highest BCUT2D eigenvalue weighted by atomic mass is 32.1. The maximum atomic E-state index is 13.0. The van der Waals surface area contributed by atoms with Gasteiger partial charge in [0.1, 0.15) is 11.6 Å². The van der Waals surface area contributed by atoms with Crippen molar-refractivity contribution in [2.45, 2.75) is 20.8 Å². The summed E-state index contributed by atoms with van der Waals surface area (Å²) in [5.41, 5.74) is 0.615. The molecule has 1 nitrogen and oxygen atoms in total. The number of ether oxygens (including phenoxy) is 1. The Kier molecular flexibility index (Phi) is 5.13. The van der Waals surface area contributed by atoms with Crippen LogP contribution in [0.15, 0.2) is 18.2 Å². The third kappa shape index (κ3) is 3.71. The molecule has 90 valence electrons. The Morgan fingerprint density at radius 1 is 1.38 bits per heavy atom. The third-order valence-electron chi connectivity index (χ3n) is 2.77. The highest BCUT2D eigenvalue weighted by Gasteiger charge is 2.12. The minimum Gasteiger partial charge on any atom is -0.493 e. The average molecular weight is 242 g/mol. The molecule has 1 atom stereocenters. The fraction of sp³-hybridized carbons (Fsp3) is 0.538. The zero-order valence-corrected chi connectivity index (χ0v) is 10.9. The molecule has 0 aliphatic carbocycles. The average Bonchev–Trinajstić information content (AvgIpc) is 2.23. The summed E-state index contributed by atoms with van der Waals surface area (Å²) in [6.07, 6.45) is 0. The molecule has 0 bridgehead atoms. The van der Waals surface area contributed by atoms with Gasteiger partial charge in [0.05, 0.1) is 6.61 Å². The van der Waals surface area contributed by atoms with Gasteiger partial charge in [0.15, 0.2) is 0 Å². The Labute approximate surface area is 102 Å². The smallest absolute Gasteiger partial charge is 0.126 e. The molecule has 3 heteroatoms. The maximum absolute atomic E-state index is 13.0. The lowest BCUT2D eigenvalue weighted by Crippen LogP contribution is -2.19. The lowest BCUT2D eigenvalue weighted by molar-refractivity contribution is 0.226. The molecule has 16 heavy (non-hydrogen) atoms. The van der Waals surface area contributed by atoms with E-state index in [1.54, 1.807) is 19.1 Å². The molecule has 1 aromatic carbocycles. The summed E-state index contributed by atoms with van der Waals surface area (Å²) >= 11 is 4.30. The SMILES string of the molecule is Cc1cc(OCC(CS)C(C)C)ccc1F. The van der Waals surface area contributed by atoms with Crippen LogP contribution in [0.2, 0.25) is 0 Å². The second kappa shape index (κ2) is 6.14. The first-order valence-corrected chi connectivity index (χ1v) is 6.17. The highest BCUT2D eigenvalue weighted by Crippen LogP contribution is 2.19. The van der Waals surface area contributed by atoms with Gasteiger partial charge >= 0.3 is 0 Å². The van der Waals surface area contributed by atoms with Crippen molar-refractivity contribution >= 4 is 12.6 Å². The van der Waals surface area contributed by atoms with Crippen molar-refractivity contribution in [1.29, 1.82) is 0 Å². The topological polar surface area (TPSA) is 9.23 Å². The van der Waals surface area contributed by atoms with Crippen LogP contribution in [0.4, 0.5) is 4.39 Å². The molecule has 0 fully saturated rings. The number of rotatable bonds is 5. The zero-order valence-electron chi connectivity index (χ0n) is 10.0. The van der Waals surface area contributed by atoms with Gasteiger partial charge in [0.25, 0.3) is 0 Å². The summed E-state index contributed by atoms with van der Waals surface area (Å²) < 4.78 is 18.7. The molecule has 0 spiro atoms. The molecule has 1 aromatic rings.